The maximum atomic E-state index is 6.02. The minimum Gasteiger partial charge on any atom is -0.377 e. The van der Waals surface area contributed by atoms with Gasteiger partial charge in [-0.05, 0) is 12.8 Å². The molecule has 2 fully saturated rings. The first-order valence-corrected chi connectivity index (χ1v) is 8.55. The first kappa shape index (κ1) is 13.5. The zero-order valence-corrected chi connectivity index (χ0v) is 12.2. The fourth-order valence-electron chi connectivity index (χ4n) is 2.76. The minimum atomic E-state index is -2.43. The van der Waals surface area contributed by atoms with E-state index in [0.29, 0.717) is 12.7 Å². The molecular weight excluding hydrogens is 236 g/mol. The van der Waals surface area contributed by atoms with Gasteiger partial charge in [0.25, 0.3) is 0 Å². The molecule has 1 aliphatic carbocycles. The normalized spacial score (nSPS) is 32.3. The number of hydrogen-bond donors (Lipinski definition) is 0. The van der Waals surface area contributed by atoms with Gasteiger partial charge in [0.05, 0.1) is 12.7 Å². The van der Waals surface area contributed by atoms with E-state index in [0.717, 1.165) is 18.9 Å². The van der Waals surface area contributed by atoms with Crippen LogP contribution >= 0.6 is 0 Å². The molecule has 0 amide bonds. The summed E-state index contributed by atoms with van der Waals surface area (Å²) >= 11 is 0. The van der Waals surface area contributed by atoms with Crippen molar-refractivity contribution < 1.29 is 18.0 Å². The third kappa shape index (κ3) is 2.74. The molecule has 4 nitrogen and oxygen atoms in total. The van der Waals surface area contributed by atoms with E-state index in [1.807, 2.05) is 0 Å². The van der Waals surface area contributed by atoms with E-state index in [9.17, 15) is 0 Å². The van der Waals surface area contributed by atoms with Crippen LogP contribution in [0.1, 0.15) is 39.0 Å². The first-order chi connectivity index (χ1) is 8.20. The van der Waals surface area contributed by atoms with Crippen LogP contribution in [0.25, 0.3) is 0 Å². The van der Waals surface area contributed by atoms with Gasteiger partial charge >= 0.3 is 8.80 Å². The molecule has 0 radical (unpaired) electrons. The van der Waals surface area contributed by atoms with E-state index in [2.05, 4.69) is 6.92 Å². The number of epoxide rings is 1. The van der Waals surface area contributed by atoms with Gasteiger partial charge in [0.1, 0.15) is 5.60 Å². The second-order valence-corrected chi connectivity index (χ2v) is 8.02. The Morgan fingerprint density at radius 1 is 1.29 bits per heavy atom. The zero-order chi connectivity index (χ0) is 12.4. The average molecular weight is 260 g/mol. The average Bonchev–Trinajstić information content (AvgIpc) is 3.09. The predicted octanol–water partition coefficient (Wildman–Crippen LogP) is 2.36. The monoisotopic (exact) mass is 260 g/mol. The highest BCUT2D eigenvalue weighted by Gasteiger charge is 2.58. The molecule has 5 heteroatoms. The maximum absolute atomic E-state index is 6.02. The van der Waals surface area contributed by atoms with Crippen LogP contribution in [0.4, 0.5) is 0 Å². The van der Waals surface area contributed by atoms with Gasteiger partial charge in [-0.2, -0.15) is 0 Å². The van der Waals surface area contributed by atoms with Crippen molar-refractivity contribution in [1.82, 2.24) is 0 Å². The molecule has 0 aromatic rings. The van der Waals surface area contributed by atoms with Gasteiger partial charge in [0.2, 0.25) is 0 Å². The minimum absolute atomic E-state index is 0.00129. The maximum Gasteiger partial charge on any atom is 0.500 e. The van der Waals surface area contributed by atoms with Gasteiger partial charge in [-0.25, -0.2) is 0 Å². The zero-order valence-electron chi connectivity index (χ0n) is 11.2. The van der Waals surface area contributed by atoms with Crippen molar-refractivity contribution in [2.75, 3.05) is 20.8 Å². The summed E-state index contributed by atoms with van der Waals surface area (Å²) in [5.41, 5.74) is 0.00129. The van der Waals surface area contributed by atoms with Gasteiger partial charge in [0, 0.05) is 20.3 Å². The summed E-state index contributed by atoms with van der Waals surface area (Å²) in [6.07, 6.45) is 6.30. The molecule has 1 saturated carbocycles. The quantitative estimate of drug-likeness (QED) is 0.520. The molecular formula is C12H24O4Si. The summed E-state index contributed by atoms with van der Waals surface area (Å²) in [5.74, 6) is 0. The van der Waals surface area contributed by atoms with Crippen LogP contribution in [0.3, 0.4) is 0 Å². The van der Waals surface area contributed by atoms with Crippen molar-refractivity contribution in [3.63, 3.8) is 0 Å². The lowest BCUT2D eigenvalue weighted by atomic mass is 9.90. The van der Waals surface area contributed by atoms with Crippen molar-refractivity contribution in [2.24, 2.45) is 0 Å². The van der Waals surface area contributed by atoms with Crippen LogP contribution in [0.5, 0.6) is 0 Å². The molecule has 1 heterocycles. The highest BCUT2D eigenvalue weighted by molar-refractivity contribution is 6.60. The molecule has 1 aliphatic heterocycles. The van der Waals surface area contributed by atoms with E-state index >= 15 is 0 Å². The van der Waals surface area contributed by atoms with E-state index in [1.165, 1.54) is 19.3 Å². The molecule has 1 saturated heterocycles. The van der Waals surface area contributed by atoms with Crippen molar-refractivity contribution in [3.8, 4) is 0 Å². The molecule has 2 atom stereocenters. The summed E-state index contributed by atoms with van der Waals surface area (Å²) in [4.78, 5) is 0. The van der Waals surface area contributed by atoms with Crippen LogP contribution in [0.15, 0.2) is 0 Å². The van der Waals surface area contributed by atoms with Crippen LogP contribution in [0.2, 0.25) is 6.04 Å². The Morgan fingerprint density at radius 3 is 2.65 bits per heavy atom. The van der Waals surface area contributed by atoms with E-state index in [-0.39, 0.29) is 5.60 Å². The second-order valence-electron chi connectivity index (χ2n) is 5.05. The molecule has 0 spiro atoms. The van der Waals surface area contributed by atoms with Crippen molar-refractivity contribution in [2.45, 2.75) is 56.8 Å². The molecule has 0 aromatic carbocycles. The van der Waals surface area contributed by atoms with E-state index in [4.69, 9.17) is 18.0 Å². The molecule has 2 aliphatic rings. The fourth-order valence-corrected chi connectivity index (χ4v) is 4.79. The molecule has 17 heavy (non-hydrogen) atoms. The van der Waals surface area contributed by atoms with E-state index < -0.39 is 8.80 Å². The molecule has 0 bridgehead atoms. The number of hydrogen-bond acceptors (Lipinski definition) is 4. The largest absolute Gasteiger partial charge is 0.500 e. The summed E-state index contributed by atoms with van der Waals surface area (Å²) in [6.45, 7) is 2.77. The van der Waals surface area contributed by atoms with Gasteiger partial charge in [0.15, 0.2) is 0 Å². The summed E-state index contributed by atoms with van der Waals surface area (Å²) < 4.78 is 22.9. The Kier molecular flexibility index (Phi) is 4.25. The lowest BCUT2D eigenvalue weighted by Crippen LogP contribution is -2.46. The SMILES string of the molecule is CCC[Si](OC)(OC)OCC12CCCCC1O2. The lowest BCUT2D eigenvalue weighted by Gasteiger charge is -2.28. The van der Waals surface area contributed by atoms with Gasteiger partial charge in [-0.1, -0.05) is 26.2 Å². The topological polar surface area (TPSA) is 40.2 Å². The Balaban J connectivity index is 1.87. The van der Waals surface area contributed by atoms with Crippen molar-refractivity contribution >= 4 is 8.80 Å². The number of rotatable bonds is 7. The molecule has 100 valence electrons. The van der Waals surface area contributed by atoms with Gasteiger partial charge < -0.3 is 18.0 Å². The van der Waals surface area contributed by atoms with Crippen LogP contribution < -0.4 is 0 Å². The third-order valence-electron chi connectivity index (χ3n) is 3.94. The van der Waals surface area contributed by atoms with Crippen molar-refractivity contribution in [1.29, 1.82) is 0 Å². The van der Waals surface area contributed by atoms with Crippen molar-refractivity contribution in [3.05, 3.63) is 0 Å². The number of ether oxygens (including phenoxy) is 1. The van der Waals surface area contributed by atoms with Gasteiger partial charge in [-0.3, -0.25) is 0 Å². The van der Waals surface area contributed by atoms with Crippen LogP contribution in [0, 0.1) is 0 Å². The molecule has 2 unspecified atom stereocenters. The van der Waals surface area contributed by atoms with Crippen LogP contribution in [-0.2, 0) is 18.0 Å². The summed E-state index contributed by atoms with van der Waals surface area (Å²) in [7, 11) is 0.952. The Morgan fingerprint density at radius 2 is 2.06 bits per heavy atom. The third-order valence-corrected chi connectivity index (χ3v) is 6.88. The Hall–Kier alpha value is 0.0569. The van der Waals surface area contributed by atoms with Crippen LogP contribution in [-0.4, -0.2) is 41.3 Å². The molecule has 0 N–H and O–H groups in total. The lowest BCUT2D eigenvalue weighted by molar-refractivity contribution is 0.0672. The van der Waals surface area contributed by atoms with Gasteiger partial charge in [-0.15, -0.1) is 0 Å². The predicted molar refractivity (Wildman–Crippen MR) is 66.9 cm³/mol. The number of fused-ring (bicyclic) bond motifs is 1. The van der Waals surface area contributed by atoms with E-state index in [1.54, 1.807) is 14.2 Å². The summed E-state index contributed by atoms with van der Waals surface area (Å²) in [6, 6.07) is 0.876. The second kappa shape index (κ2) is 5.36. The Bertz CT molecular complexity index is 257. The molecule has 0 aromatic heterocycles. The fraction of sp³-hybridized carbons (Fsp3) is 1.00. The smallest absolute Gasteiger partial charge is 0.377 e. The summed E-state index contributed by atoms with van der Waals surface area (Å²) in [5, 5.41) is 0. The highest BCUT2D eigenvalue weighted by atomic mass is 28.4. The highest BCUT2D eigenvalue weighted by Crippen LogP contribution is 2.48. The first-order valence-electron chi connectivity index (χ1n) is 6.62. The Labute approximate surface area is 105 Å². The molecule has 2 rings (SSSR count). The standard InChI is InChI=1S/C12H24O4Si/c1-4-9-17(13-2,14-3)15-10-12-8-6-5-7-11(12)16-12/h11H,4-10H2,1-3H3.